The van der Waals surface area contributed by atoms with Gasteiger partial charge in [-0.1, -0.05) is 30.3 Å². The molecule has 0 saturated carbocycles. The summed E-state index contributed by atoms with van der Waals surface area (Å²) in [6.45, 7) is 5.19. The lowest BCUT2D eigenvalue weighted by Gasteiger charge is -2.28. The standard InChI is InChI=1S/C18H16N4O2/c1-10(23)14-11(2)24-18-16(15(14)13-7-5-4-6-8-13)17-20-12(3)21-22(17)9-19-18/h4-9,15H,1-3H3/t15-/m1/s1. The van der Waals surface area contributed by atoms with Crippen molar-refractivity contribution in [1.29, 1.82) is 0 Å². The largest absolute Gasteiger partial charge is 0.443 e. The Hall–Kier alpha value is -3.02. The minimum absolute atomic E-state index is 0.0229. The van der Waals surface area contributed by atoms with Gasteiger partial charge < -0.3 is 4.74 Å². The summed E-state index contributed by atoms with van der Waals surface area (Å²) in [7, 11) is 0. The molecule has 6 heteroatoms. The first kappa shape index (κ1) is 14.6. The third-order valence-electron chi connectivity index (χ3n) is 4.21. The average molecular weight is 320 g/mol. The number of aryl methyl sites for hydroxylation is 1. The van der Waals surface area contributed by atoms with E-state index in [2.05, 4.69) is 15.1 Å². The van der Waals surface area contributed by atoms with Crippen molar-refractivity contribution in [1.82, 2.24) is 19.6 Å². The average Bonchev–Trinajstić information content (AvgIpc) is 2.94. The van der Waals surface area contributed by atoms with Gasteiger partial charge in [-0.05, 0) is 26.3 Å². The summed E-state index contributed by atoms with van der Waals surface area (Å²) >= 11 is 0. The van der Waals surface area contributed by atoms with E-state index < -0.39 is 0 Å². The SMILES string of the molecule is CC(=O)C1=C(C)Oc2ncn3nc(C)nc3c2[C@@H]1c1ccccc1. The minimum Gasteiger partial charge on any atom is -0.443 e. The molecule has 1 aromatic carbocycles. The number of carbonyl (C=O) groups excluding carboxylic acids is 1. The first-order valence-corrected chi connectivity index (χ1v) is 7.72. The van der Waals surface area contributed by atoms with Gasteiger partial charge in [0.1, 0.15) is 17.9 Å². The summed E-state index contributed by atoms with van der Waals surface area (Å²) in [5, 5.41) is 4.32. The topological polar surface area (TPSA) is 69.4 Å². The van der Waals surface area contributed by atoms with Crippen LogP contribution in [0.4, 0.5) is 0 Å². The Morgan fingerprint density at radius 2 is 1.96 bits per heavy atom. The van der Waals surface area contributed by atoms with Gasteiger partial charge in [-0.2, -0.15) is 5.10 Å². The molecule has 0 spiro atoms. The number of nitrogens with zero attached hydrogens (tertiary/aromatic N) is 4. The third-order valence-corrected chi connectivity index (χ3v) is 4.21. The second-order valence-corrected chi connectivity index (χ2v) is 5.86. The van der Waals surface area contributed by atoms with E-state index in [1.165, 1.54) is 0 Å². The van der Waals surface area contributed by atoms with E-state index in [1.54, 1.807) is 24.7 Å². The Morgan fingerprint density at radius 1 is 1.21 bits per heavy atom. The van der Waals surface area contributed by atoms with Crippen molar-refractivity contribution < 1.29 is 9.53 Å². The normalized spacial score (nSPS) is 16.9. The number of ketones is 1. The number of benzene rings is 1. The molecule has 120 valence electrons. The number of Topliss-reactive ketones (excluding diaryl/α,β-unsaturated/α-hetero) is 1. The molecule has 0 radical (unpaired) electrons. The van der Waals surface area contributed by atoms with E-state index in [1.807, 2.05) is 37.3 Å². The lowest BCUT2D eigenvalue weighted by Crippen LogP contribution is -2.22. The number of hydrogen-bond donors (Lipinski definition) is 0. The van der Waals surface area contributed by atoms with Crippen LogP contribution in [0.5, 0.6) is 5.88 Å². The zero-order chi connectivity index (χ0) is 16.8. The fraction of sp³-hybridized carbons (Fsp3) is 0.222. The molecule has 3 heterocycles. The molecule has 0 fully saturated rings. The zero-order valence-corrected chi connectivity index (χ0v) is 13.6. The fourth-order valence-corrected chi connectivity index (χ4v) is 3.28. The molecule has 1 aliphatic heterocycles. The van der Waals surface area contributed by atoms with E-state index in [9.17, 15) is 4.79 Å². The van der Waals surface area contributed by atoms with Crippen LogP contribution in [-0.4, -0.2) is 25.4 Å². The van der Waals surface area contributed by atoms with Gasteiger partial charge in [0.2, 0.25) is 5.88 Å². The van der Waals surface area contributed by atoms with Gasteiger partial charge in [0, 0.05) is 11.5 Å². The summed E-state index contributed by atoms with van der Waals surface area (Å²) in [4.78, 5) is 21.2. The maximum absolute atomic E-state index is 12.3. The highest BCUT2D eigenvalue weighted by Crippen LogP contribution is 2.43. The highest BCUT2D eigenvalue weighted by atomic mass is 16.5. The predicted molar refractivity (Wildman–Crippen MR) is 87.8 cm³/mol. The van der Waals surface area contributed by atoms with Crippen LogP contribution < -0.4 is 4.74 Å². The predicted octanol–water partition coefficient (Wildman–Crippen LogP) is 2.82. The molecule has 1 atom stereocenters. The van der Waals surface area contributed by atoms with Crippen molar-refractivity contribution in [3.63, 3.8) is 0 Å². The first-order chi connectivity index (χ1) is 11.6. The molecule has 0 bridgehead atoms. The van der Waals surface area contributed by atoms with E-state index in [0.717, 1.165) is 11.1 Å². The zero-order valence-electron chi connectivity index (χ0n) is 13.6. The van der Waals surface area contributed by atoms with Crippen molar-refractivity contribution in [3.8, 4) is 5.88 Å². The molecular formula is C18H16N4O2. The molecule has 2 aromatic heterocycles. The van der Waals surface area contributed by atoms with Crippen molar-refractivity contribution in [2.24, 2.45) is 0 Å². The maximum Gasteiger partial charge on any atom is 0.228 e. The van der Waals surface area contributed by atoms with E-state index in [0.29, 0.717) is 28.7 Å². The van der Waals surface area contributed by atoms with Crippen LogP contribution in [-0.2, 0) is 4.79 Å². The van der Waals surface area contributed by atoms with Crippen molar-refractivity contribution >= 4 is 11.4 Å². The van der Waals surface area contributed by atoms with Gasteiger partial charge in [-0.25, -0.2) is 14.5 Å². The summed E-state index contributed by atoms with van der Waals surface area (Å²) in [5.74, 6) is 1.41. The lowest BCUT2D eigenvalue weighted by molar-refractivity contribution is -0.114. The van der Waals surface area contributed by atoms with Crippen LogP contribution in [0.1, 0.15) is 36.7 Å². The monoisotopic (exact) mass is 320 g/mol. The van der Waals surface area contributed by atoms with Crippen LogP contribution in [0, 0.1) is 6.92 Å². The van der Waals surface area contributed by atoms with Gasteiger partial charge in [0.05, 0.1) is 5.56 Å². The number of hydrogen-bond acceptors (Lipinski definition) is 5. The number of fused-ring (bicyclic) bond motifs is 3. The highest BCUT2D eigenvalue weighted by molar-refractivity contribution is 5.97. The summed E-state index contributed by atoms with van der Waals surface area (Å²) < 4.78 is 7.47. The van der Waals surface area contributed by atoms with Crippen LogP contribution in [0.3, 0.4) is 0 Å². The van der Waals surface area contributed by atoms with Gasteiger partial charge in [-0.15, -0.1) is 0 Å². The molecule has 1 aliphatic rings. The minimum atomic E-state index is -0.271. The lowest BCUT2D eigenvalue weighted by atomic mass is 9.82. The van der Waals surface area contributed by atoms with Gasteiger partial charge in [-0.3, -0.25) is 4.79 Å². The molecule has 3 aromatic rings. The second-order valence-electron chi connectivity index (χ2n) is 5.86. The highest BCUT2D eigenvalue weighted by Gasteiger charge is 2.35. The van der Waals surface area contributed by atoms with E-state index in [-0.39, 0.29) is 11.7 Å². The number of rotatable bonds is 2. The summed E-state index contributed by atoms with van der Waals surface area (Å²) in [5.41, 5.74) is 3.07. The molecule has 0 N–H and O–H groups in total. The molecule has 0 aliphatic carbocycles. The van der Waals surface area contributed by atoms with Crippen LogP contribution in [0.25, 0.3) is 5.65 Å². The van der Waals surface area contributed by atoms with Crippen LogP contribution in [0.15, 0.2) is 48.0 Å². The molecule has 6 nitrogen and oxygen atoms in total. The molecule has 0 amide bonds. The molecule has 24 heavy (non-hydrogen) atoms. The number of ether oxygens (including phenoxy) is 1. The summed E-state index contributed by atoms with van der Waals surface area (Å²) in [6, 6.07) is 9.87. The van der Waals surface area contributed by atoms with Gasteiger partial charge >= 0.3 is 0 Å². The Bertz CT molecular complexity index is 989. The maximum atomic E-state index is 12.3. The molecule has 4 rings (SSSR count). The smallest absolute Gasteiger partial charge is 0.228 e. The van der Waals surface area contributed by atoms with Crippen molar-refractivity contribution in [2.45, 2.75) is 26.7 Å². The van der Waals surface area contributed by atoms with Crippen LogP contribution >= 0.6 is 0 Å². The number of carbonyl (C=O) groups is 1. The van der Waals surface area contributed by atoms with Gasteiger partial charge in [0.25, 0.3) is 0 Å². The Balaban J connectivity index is 2.07. The summed E-state index contributed by atoms with van der Waals surface area (Å²) in [6.07, 6.45) is 1.59. The number of allylic oxidation sites excluding steroid dienone is 2. The van der Waals surface area contributed by atoms with Gasteiger partial charge in [0.15, 0.2) is 11.4 Å². The molecule has 0 saturated heterocycles. The van der Waals surface area contributed by atoms with E-state index in [4.69, 9.17) is 4.74 Å². The molecule has 0 unspecified atom stereocenters. The Morgan fingerprint density at radius 3 is 2.67 bits per heavy atom. The third kappa shape index (κ3) is 2.11. The number of aromatic nitrogens is 4. The van der Waals surface area contributed by atoms with Crippen molar-refractivity contribution in [2.75, 3.05) is 0 Å². The Labute approximate surface area is 138 Å². The van der Waals surface area contributed by atoms with Crippen molar-refractivity contribution in [3.05, 3.63) is 64.9 Å². The Kier molecular flexibility index (Phi) is 3.19. The quantitative estimate of drug-likeness (QED) is 0.726. The second kappa shape index (κ2) is 5.26. The fourth-order valence-electron chi connectivity index (χ4n) is 3.28. The molecular weight excluding hydrogens is 304 g/mol. The van der Waals surface area contributed by atoms with Crippen LogP contribution in [0.2, 0.25) is 0 Å². The first-order valence-electron chi connectivity index (χ1n) is 7.72. The van der Waals surface area contributed by atoms with E-state index >= 15 is 0 Å².